The van der Waals surface area contributed by atoms with Crippen molar-refractivity contribution in [3.05, 3.63) is 76.2 Å². The van der Waals surface area contributed by atoms with Crippen LogP contribution < -0.4 is 15.6 Å². The number of aldehydes is 1. The first-order valence-corrected chi connectivity index (χ1v) is 8.79. The van der Waals surface area contributed by atoms with Crippen molar-refractivity contribution in [2.45, 2.75) is 20.0 Å². The molecule has 0 saturated heterocycles. The minimum absolute atomic E-state index is 0.190. The molecule has 1 atom stereocenters. The molecule has 0 unspecified atom stereocenters. The lowest BCUT2D eigenvalue weighted by molar-refractivity contribution is -0.122. The molecule has 144 valence electrons. The van der Waals surface area contributed by atoms with Crippen LogP contribution in [0.1, 0.15) is 23.0 Å². The number of benzene rings is 2. The number of hydrogen-bond acceptors (Lipinski definition) is 4. The van der Waals surface area contributed by atoms with Gasteiger partial charge in [-0.3, -0.25) is 19.1 Å². The number of nitrogens with zero attached hydrogens (tertiary/aromatic N) is 2. The number of hydrogen-bond donors (Lipinski definition) is 1. The van der Waals surface area contributed by atoms with Crippen LogP contribution in [0.3, 0.4) is 0 Å². The summed E-state index contributed by atoms with van der Waals surface area (Å²) in [6.07, 6.45) is -0.231. The van der Waals surface area contributed by atoms with E-state index in [4.69, 9.17) is 4.74 Å². The van der Waals surface area contributed by atoms with Crippen LogP contribution in [-0.4, -0.2) is 27.7 Å². The minimum atomic E-state index is -0.898. The van der Waals surface area contributed by atoms with E-state index in [0.717, 1.165) is 0 Å². The Hall–Kier alpha value is -3.61. The molecule has 0 saturated carbocycles. The summed E-state index contributed by atoms with van der Waals surface area (Å²) in [5, 5.41) is 2.66. The highest BCUT2D eigenvalue weighted by molar-refractivity contribution is 5.94. The van der Waals surface area contributed by atoms with Crippen LogP contribution in [0, 0.1) is 6.92 Å². The number of carbonyl (C=O) groups is 2. The van der Waals surface area contributed by atoms with Gasteiger partial charge in [0, 0.05) is 7.05 Å². The normalized spacial score (nSPS) is 11.7. The quantitative estimate of drug-likeness (QED) is 0.668. The molecule has 0 radical (unpaired) electrons. The maximum Gasteiger partial charge on any atom is 0.295 e. The third-order valence-electron chi connectivity index (χ3n) is 4.52. The second-order valence-electron chi connectivity index (χ2n) is 6.34. The van der Waals surface area contributed by atoms with Gasteiger partial charge in [0.05, 0.1) is 16.9 Å². The lowest BCUT2D eigenvalue weighted by Gasteiger charge is -2.15. The zero-order valence-corrected chi connectivity index (χ0v) is 15.9. The summed E-state index contributed by atoms with van der Waals surface area (Å²) in [6, 6.07) is 15.8. The summed E-state index contributed by atoms with van der Waals surface area (Å²) in [5.41, 5.74) is 1.52. The molecule has 0 aliphatic rings. The summed E-state index contributed by atoms with van der Waals surface area (Å²) in [5.74, 6) is -0.168. The Morgan fingerprint density at radius 3 is 2.43 bits per heavy atom. The van der Waals surface area contributed by atoms with Crippen molar-refractivity contribution >= 4 is 17.9 Å². The molecular formula is C21H21N3O4. The van der Waals surface area contributed by atoms with Crippen LogP contribution in [0.2, 0.25) is 0 Å². The topological polar surface area (TPSA) is 82.3 Å². The van der Waals surface area contributed by atoms with Gasteiger partial charge in [-0.25, -0.2) is 4.68 Å². The number of rotatable bonds is 6. The first-order chi connectivity index (χ1) is 13.4. The predicted octanol–water partition coefficient (Wildman–Crippen LogP) is 2.70. The molecule has 0 aliphatic carbocycles. The van der Waals surface area contributed by atoms with E-state index in [2.05, 4.69) is 5.32 Å². The van der Waals surface area contributed by atoms with Gasteiger partial charge in [-0.1, -0.05) is 30.3 Å². The number of carbonyl (C=O) groups excluding carboxylic acids is 2. The Morgan fingerprint density at radius 1 is 1.11 bits per heavy atom. The third-order valence-corrected chi connectivity index (χ3v) is 4.52. The average Bonchev–Trinajstić information content (AvgIpc) is 2.92. The molecule has 1 aromatic heterocycles. The van der Waals surface area contributed by atoms with Crippen LogP contribution in [-0.2, 0) is 11.8 Å². The lowest BCUT2D eigenvalue weighted by atomic mass is 10.2. The monoisotopic (exact) mass is 379 g/mol. The van der Waals surface area contributed by atoms with Gasteiger partial charge in [-0.05, 0) is 38.1 Å². The highest BCUT2D eigenvalue weighted by Crippen LogP contribution is 2.19. The van der Waals surface area contributed by atoms with Crippen molar-refractivity contribution in [1.29, 1.82) is 0 Å². The second-order valence-corrected chi connectivity index (χ2v) is 6.34. The van der Waals surface area contributed by atoms with Crippen molar-refractivity contribution < 1.29 is 14.3 Å². The largest absolute Gasteiger partial charge is 0.480 e. The first-order valence-electron chi connectivity index (χ1n) is 8.79. The van der Waals surface area contributed by atoms with Crippen molar-refractivity contribution in [3.8, 4) is 11.4 Å². The van der Waals surface area contributed by atoms with E-state index in [-0.39, 0.29) is 11.2 Å². The van der Waals surface area contributed by atoms with E-state index < -0.39 is 12.0 Å². The van der Waals surface area contributed by atoms with Crippen LogP contribution in [0.25, 0.3) is 5.69 Å². The van der Waals surface area contributed by atoms with Crippen molar-refractivity contribution in [3.63, 3.8) is 0 Å². The number of aromatic nitrogens is 2. The molecule has 1 N–H and O–H groups in total. The van der Waals surface area contributed by atoms with E-state index in [1.165, 1.54) is 4.68 Å². The average molecular weight is 379 g/mol. The Morgan fingerprint density at radius 2 is 1.75 bits per heavy atom. The molecule has 0 aliphatic heterocycles. The lowest BCUT2D eigenvalue weighted by Crippen LogP contribution is -2.32. The molecule has 7 nitrogen and oxygen atoms in total. The Kier molecular flexibility index (Phi) is 5.44. The maximum atomic E-state index is 12.9. The maximum absolute atomic E-state index is 12.9. The minimum Gasteiger partial charge on any atom is -0.480 e. The number of nitrogens with one attached hydrogen (secondary N) is 1. The van der Waals surface area contributed by atoms with Gasteiger partial charge in [-0.2, -0.15) is 0 Å². The number of anilines is 1. The predicted molar refractivity (Wildman–Crippen MR) is 106 cm³/mol. The highest BCUT2D eigenvalue weighted by Gasteiger charge is 2.22. The van der Waals surface area contributed by atoms with Crippen LogP contribution in [0.4, 0.5) is 5.69 Å². The molecule has 3 rings (SSSR count). The molecule has 28 heavy (non-hydrogen) atoms. The van der Waals surface area contributed by atoms with Crippen molar-refractivity contribution in [1.82, 2.24) is 9.36 Å². The number of amides is 1. The molecular weight excluding hydrogens is 358 g/mol. The van der Waals surface area contributed by atoms with Crippen molar-refractivity contribution in [2.24, 2.45) is 7.05 Å². The molecule has 2 aromatic carbocycles. The summed E-state index contributed by atoms with van der Waals surface area (Å²) in [4.78, 5) is 36.6. The fraction of sp³-hybridized carbons (Fsp3) is 0.190. The van der Waals surface area contributed by atoms with Crippen LogP contribution >= 0.6 is 0 Å². The number of ether oxygens (including phenoxy) is 1. The summed E-state index contributed by atoms with van der Waals surface area (Å²) >= 11 is 0. The Labute approximate surface area is 162 Å². The van der Waals surface area contributed by atoms with E-state index in [0.29, 0.717) is 29.0 Å². The Balaban J connectivity index is 1.85. The second kappa shape index (κ2) is 7.96. The van der Waals surface area contributed by atoms with Crippen LogP contribution in [0.15, 0.2) is 59.4 Å². The molecule has 0 spiro atoms. The first kappa shape index (κ1) is 19.2. The standard InChI is InChI=1S/C21H21N3O4/c1-14-19(21(27)24(23(14)3)17-10-5-4-6-11-17)22-20(26)15(2)28-18-12-8-7-9-16(18)13-25/h4-13,15H,1-3H3,(H,22,26)/t15-/m0/s1. The smallest absolute Gasteiger partial charge is 0.295 e. The van der Waals surface area contributed by atoms with E-state index in [1.54, 1.807) is 49.8 Å². The van der Waals surface area contributed by atoms with E-state index in [1.807, 2.05) is 30.3 Å². The molecule has 0 bridgehead atoms. The molecule has 1 amide bonds. The summed E-state index contributed by atoms with van der Waals surface area (Å²) < 4.78 is 8.78. The van der Waals surface area contributed by atoms with Crippen molar-refractivity contribution in [2.75, 3.05) is 5.32 Å². The molecule has 7 heteroatoms. The highest BCUT2D eigenvalue weighted by atomic mass is 16.5. The summed E-state index contributed by atoms with van der Waals surface area (Å²) in [7, 11) is 1.75. The zero-order chi connectivity index (χ0) is 20.3. The fourth-order valence-corrected chi connectivity index (χ4v) is 2.87. The fourth-order valence-electron chi connectivity index (χ4n) is 2.87. The van der Waals surface area contributed by atoms with Gasteiger partial charge in [0.1, 0.15) is 11.4 Å². The van der Waals surface area contributed by atoms with Gasteiger partial charge in [0.15, 0.2) is 12.4 Å². The Bertz CT molecular complexity index is 1070. The van der Waals surface area contributed by atoms with Gasteiger partial charge >= 0.3 is 0 Å². The van der Waals surface area contributed by atoms with Gasteiger partial charge in [0.25, 0.3) is 11.5 Å². The van der Waals surface area contributed by atoms with E-state index >= 15 is 0 Å². The number of para-hydroxylation sites is 2. The SMILES string of the molecule is Cc1c(NC(=O)[C@H](C)Oc2ccccc2C=O)c(=O)n(-c2ccccc2)n1C. The van der Waals surface area contributed by atoms with Gasteiger partial charge in [0.2, 0.25) is 0 Å². The van der Waals surface area contributed by atoms with E-state index in [9.17, 15) is 14.4 Å². The zero-order valence-electron chi connectivity index (χ0n) is 15.9. The molecule has 0 fully saturated rings. The van der Waals surface area contributed by atoms with Gasteiger partial charge < -0.3 is 10.1 Å². The molecule has 1 heterocycles. The third kappa shape index (κ3) is 3.59. The van der Waals surface area contributed by atoms with Gasteiger partial charge in [-0.15, -0.1) is 0 Å². The molecule has 3 aromatic rings. The summed E-state index contributed by atoms with van der Waals surface area (Å²) in [6.45, 7) is 3.31. The van der Waals surface area contributed by atoms with Crippen LogP contribution in [0.5, 0.6) is 5.75 Å².